The SMILES string of the molecule is CCC(=O)C(NC(=O)C(NC(=O)c1cnccn1)C(C)(C)C)C(C)(C)C. The van der Waals surface area contributed by atoms with E-state index >= 15 is 0 Å². The molecule has 0 bridgehead atoms. The van der Waals surface area contributed by atoms with Gasteiger partial charge in [-0.25, -0.2) is 4.98 Å². The molecule has 0 saturated carbocycles. The van der Waals surface area contributed by atoms with Gasteiger partial charge in [0.2, 0.25) is 5.91 Å². The second kappa shape index (κ2) is 8.38. The second-order valence-electron chi connectivity index (χ2n) is 8.49. The van der Waals surface area contributed by atoms with Gasteiger partial charge < -0.3 is 10.6 Å². The fourth-order valence-corrected chi connectivity index (χ4v) is 2.51. The van der Waals surface area contributed by atoms with E-state index < -0.39 is 34.7 Å². The van der Waals surface area contributed by atoms with E-state index in [0.29, 0.717) is 6.42 Å². The van der Waals surface area contributed by atoms with Gasteiger partial charge in [-0.1, -0.05) is 48.5 Å². The number of nitrogens with zero attached hydrogens (tertiary/aromatic N) is 2. The molecule has 144 valence electrons. The summed E-state index contributed by atoms with van der Waals surface area (Å²) in [4.78, 5) is 45.4. The summed E-state index contributed by atoms with van der Waals surface area (Å²) in [7, 11) is 0. The van der Waals surface area contributed by atoms with Crippen molar-refractivity contribution in [2.45, 2.75) is 67.0 Å². The lowest BCUT2D eigenvalue weighted by molar-refractivity contribution is -0.132. The number of carbonyl (C=O) groups is 3. The lowest BCUT2D eigenvalue weighted by Gasteiger charge is -2.35. The number of hydrogen-bond donors (Lipinski definition) is 2. The van der Waals surface area contributed by atoms with Crippen LogP contribution in [0, 0.1) is 10.8 Å². The molecule has 1 heterocycles. The monoisotopic (exact) mass is 362 g/mol. The third kappa shape index (κ3) is 5.89. The molecule has 7 heteroatoms. The molecule has 1 rings (SSSR count). The number of rotatable bonds is 6. The van der Waals surface area contributed by atoms with Crippen molar-refractivity contribution in [1.82, 2.24) is 20.6 Å². The molecule has 2 amide bonds. The van der Waals surface area contributed by atoms with Gasteiger partial charge in [-0.3, -0.25) is 19.4 Å². The summed E-state index contributed by atoms with van der Waals surface area (Å²) >= 11 is 0. The van der Waals surface area contributed by atoms with E-state index in [9.17, 15) is 14.4 Å². The van der Waals surface area contributed by atoms with Gasteiger partial charge >= 0.3 is 0 Å². The molecular formula is C19H30N4O3. The zero-order valence-electron chi connectivity index (χ0n) is 16.7. The number of ketones is 1. The van der Waals surface area contributed by atoms with E-state index in [1.54, 1.807) is 6.92 Å². The van der Waals surface area contributed by atoms with E-state index in [4.69, 9.17) is 0 Å². The van der Waals surface area contributed by atoms with E-state index in [2.05, 4.69) is 20.6 Å². The third-order valence-electron chi connectivity index (χ3n) is 4.02. The van der Waals surface area contributed by atoms with Gasteiger partial charge in [0, 0.05) is 18.8 Å². The van der Waals surface area contributed by atoms with E-state index in [0.717, 1.165) is 0 Å². The van der Waals surface area contributed by atoms with Crippen molar-refractivity contribution < 1.29 is 14.4 Å². The fraction of sp³-hybridized carbons (Fsp3) is 0.632. The van der Waals surface area contributed by atoms with Gasteiger partial charge in [0.15, 0.2) is 5.78 Å². The Hall–Kier alpha value is -2.31. The highest BCUT2D eigenvalue weighted by Gasteiger charge is 2.38. The average Bonchev–Trinajstić information content (AvgIpc) is 2.55. The Bertz CT molecular complexity index is 645. The lowest BCUT2D eigenvalue weighted by Crippen LogP contribution is -2.59. The number of carbonyl (C=O) groups excluding carboxylic acids is 3. The Labute approximate surface area is 155 Å². The van der Waals surface area contributed by atoms with Crippen molar-refractivity contribution in [3.05, 3.63) is 24.3 Å². The van der Waals surface area contributed by atoms with Crippen LogP contribution in [0.2, 0.25) is 0 Å². The highest BCUT2D eigenvalue weighted by molar-refractivity contribution is 5.97. The summed E-state index contributed by atoms with van der Waals surface area (Å²) in [6, 6.07) is -1.45. The summed E-state index contributed by atoms with van der Waals surface area (Å²) in [6.07, 6.45) is 4.55. The number of hydrogen-bond acceptors (Lipinski definition) is 5. The quantitative estimate of drug-likeness (QED) is 0.807. The minimum Gasteiger partial charge on any atom is -0.344 e. The van der Waals surface area contributed by atoms with Crippen molar-refractivity contribution in [1.29, 1.82) is 0 Å². The molecule has 0 saturated heterocycles. The molecule has 0 aromatic carbocycles. The van der Waals surface area contributed by atoms with Gasteiger partial charge in [0.05, 0.1) is 12.2 Å². The van der Waals surface area contributed by atoms with Gasteiger partial charge in [0.25, 0.3) is 5.91 Å². The first-order valence-corrected chi connectivity index (χ1v) is 8.78. The van der Waals surface area contributed by atoms with Crippen LogP contribution in [0.25, 0.3) is 0 Å². The maximum Gasteiger partial charge on any atom is 0.272 e. The number of amides is 2. The Morgan fingerprint density at radius 3 is 1.96 bits per heavy atom. The summed E-state index contributed by atoms with van der Waals surface area (Å²) < 4.78 is 0. The number of Topliss-reactive ketones (excluding diaryl/α,β-unsaturated/α-hetero) is 1. The third-order valence-corrected chi connectivity index (χ3v) is 4.02. The summed E-state index contributed by atoms with van der Waals surface area (Å²) in [5.41, 5.74) is -0.855. The molecule has 0 aliphatic rings. The molecular weight excluding hydrogens is 332 g/mol. The second-order valence-corrected chi connectivity index (χ2v) is 8.49. The van der Waals surface area contributed by atoms with Crippen LogP contribution >= 0.6 is 0 Å². The first-order chi connectivity index (χ1) is 11.9. The normalized spacial score (nSPS) is 14.3. The lowest BCUT2D eigenvalue weighted by atomic mass is 9.81. The summed E-state index contributed by atoms with van der Waals surface area (Å²) in [5.74, 6) is -0.919. The van der Waals surface area contributed by atoms with E-state index in [1.807, 2.05) is 41.5 Å². The predicted molar refractivity (Wildman–Crippen MR) is 99.4 cm³/mol. The maximum atomic E-state index is 12.9. The molecule has 2 atom stereocenters. The predicted octanol–water partition coefficient (Wildman–Crippen LogP) is 2.13. The minimum absolute atomic E-state index is 0.0428. The minimum atomic E-state index is -0.827. The highest BCUT2D eigenvalue weighted by atomic mass is 16.2. The Balaban J connectivity index is 3.03. The smallest absolute Gasteiger partial charge is 0.272 e. The average molecular weight is 362 g/mol. The number of nitrogens with one attached hydrogen (secondary N) is 2. The first kappa shape index (κ1) is 21.7. The van der Waals surface area contributed by atoms with E-state index in [-0.39, 0.29) is 11.5 Å². The van der Waals surface area contributed by atoms with Gasteiger partial charge in [-0.05, 0) is 10.8 Å². The molecule has 0 radical (unpaired) electrons. The van der Waals surface area contributed by atoms with Crippen LogP contribution < -0.4 is 10.6 Å². The molecule has 1 aromatic heterocycles. The summed E-state index contributed by atoms with van der Waals surface area (Å²) in [6.45, 7) is 13.0. The highest BCUT2D eigenvalue weighted by Crippen LogP contribution is 2.24. The zero-order chi connectivity index (χ0) is 20.1. The van der Waals surface area contributed by atoms with E-state index in [1.165, 1.54) is 18.6 Å². The molecule has 0 fully saturated rings. The Morgan fingerprint density at radius 2 is 1.54 bits per heavy atom. The van der Waals surface area contributed by atoms with Crippen LogP contribution in [0.15, 0.2) is 18.6 Å². The van der Waals surface area contributed by atoms with Crippen molar-refractivity contribution in [3.63, 3.8) is 0 Å². The van der Waals surface area contributed by atoms with Crippen LogP contribution in [0.4, 0.5) is 0 Å². The van der Waals surface area contributed by atoms with Crippen molar-refractivity contribution in [2.24, 2.45) is 10.8 Å². The molecule has 0 aliphatic heterocycles. The van der Waals surface area contributed by atoms with Crippen LogP contribution in [0.5, 0.6) is 0 Å². The molecule has 1 aromatic rings. The summed E-state index contributed by atoms with van der Waals surface area (Å²) in [5, 5.41) is 5.55. The van der Waals surface area contributed by atoms with Gasteiger partial charge in [-0.15, -0.1) is 0 Å². The standard InChI is InChI=1S/C19H30N4O3/c1-8-13(24)14(18(2,3)4)22-17(26)15(19(5,6)7)23-16(25)12-11-20-9-10-21-12/h9-11,14-15H,8H2,1-7H3,(H,22,26)(H,23,25). The van der Waals surface area contributed by atoms with Crippen molar-refractivity contribution in [2.75, 3.05) is 0 Å². The zero-order valence-corrected chi connectivity index (χ0v) is 16.7. The number of aromatic nitrogens is 2. The fourth-order valence-electron chi connectivity index (χ4n) is 2.51. The molecule has 0 spiro atoms. The Kier molecular flexibility index (Phi) is 7.00. The molecule has 26 heavy (non-hydrogen) atoms. The van der Waals surface area contributed by atoms with Crippen molar-refractivity contribution >= 4 is 17.6 Å². The molecule has 2 unspecified atom stereocenters. The topological polar surface area (TPSA) is 101 Å². The van der Waals surface area contributed by atoms with Crippen LogP contribution in [0.1, 0.15) is 65.4 Å². The molecule has 2 N–H and O–H groups in total. The van der Waals surface area contributed by atoms with Gasteiger partial charge in [0.1, 0.15) is 11.7 Å². The maximum absolute atomic E-state index is 12.9. The van der Waals surface area contributed by atoms with Crippen molar-refractivity contribution in [3.8, 4) is 0 Å². The first-order valence-electron chi connectivity index (χ1n) is 8.78. The van der Waals surface area contributed by atoms with Crippen LogP contribution in [-0.4, -0.2) is 39.6 Å². The van der Waals surface area contributed by atoms with Crippen LogP contribution in [0.3, 0.4) is 0 Å². The van der Waals surface area contributed by atoms with Gasteiger partial charge in [-0.2, -0.15) is 0 Å². The van der Waals surface area contributed by atoms with Crippen LogP contribution in [-0.2, 0) is 9.59 Å². The Morgan fingerprint density at radius 1 is 0.962 bits per heavy atom. The molecule has 0 aliphatic carbocycles. The largest absolute Gasteiger partial charge is 0.344 e. The molecule has 7 nitrogen and oxygen atoms in total.